The standard InChI is InChI=1S/C16H28O2/c1-3-12-6-5-7-14(10-12)16(15(17)18)9-8-13(4-2)11-16/h12-14H,3-11H2,1-2H3,(H,17,18). The summed E-state index contributed by atoms with van der Waals surface area (Å²) in [5.41, 5.74) is -0.367. The monoisotopic (exact) mass is 252 g/mol. The van der Waals surface area contributed by atoms with Gasteiger partial charge < -0.3 is 5.11 Å². The van der Waals surface area contributed by atoms with E-state index in [1.807, 2.05) is 0 Å². The molecule has 4 unspecified atom stereocenters. The molecule has 0 bridgehead atoms. The van der Waals surface area contributed by atoms with Gasteiger partial charge in [0.05, 0.1) is 5.41 Å². The van der Waals surface area contributed by atoms with Crippen molar-refractivity contribution < 1.29 is 9.90 Å². The predicted molar refractivity (Wildman–Crippen MR) is 73.4 cm³/mol. The van der Waals surface area contributed by atoms with Crippen LogP contribution in [0.4, 0.5) is 0 Å². The van der Waals surface area contributed by atoms with E-state index < -0.39 is 5.97 Å². The first kappa shape index (κ1) is 13.9. The second-order valence-corrected chi connectivity index (χ2v) is 6.62. The third-order valence-electron chi connectivity index (χ3n) is 5.80. The smallest absolute Gasteiger partial charge is 0.309 e. The summed E-state index contributed by atoms with van der Waals surface area (Å²) >= 11 is 0. The molecule has 0 aliphatic heterocycles. The van der Waals surface area contributed by atoms with E-state index >= 15 is 0 Å². The van der Waals surface area contributed by atoms with E-state index in [0.29, 0.717) is 11.8 Å². The average molecular weight is 252 g/mol. The number of carboxylic acid groups (broad SMARTS) is 1. The molecule has 0 aromatic carbocycles. The Morgan fingerprint density at radius 3 is 2.44 bits per heavy atom. The normalized spacial score (nSPS) is 40.9. The Kier molecular flexibility index (Phi) is 4.34. The van der Waals surface area contributed by atoms with Gasteiger partial charge in [-0.2, -0.15) is 0 Å². The predicted octanol–water partition coefficient (Wildman–Crippen LogP) is 4.48. The van der Waals surface area contributed by atoms with Crippen LogP contribution in [0.2, 0.25) is 0 Å². The van der Waals surface area contributed by atoms with Crippen molar-refractivity contribution in [1.82, 2.24) is 0 Å². The van der Waals surface area contributed by atoms with Crippen molar-refractivity contribution in [2.45, 2.75) is 71.6 Å². The van der Waals surface area contributed by atoms with Gasteiger partial charge in [-0.25, -0.2) is 0 Å². The molecule has 2 aliphatic carbocycles. The molecule has 2 heteroatoms. The van der Waals surface area contributed by atoms with E-state index in [0.717, 1.165) is 38.0 Å². The molecule has 2 rings (SSSR count). The Hall–Kier alpha value is -0.530. The first-order valence-electron chi connectivity index (χ1n) is 7.85. The van der Waals surface area contributed by atoms with Crippen LogP contribution in [-0.2, 0) is 4.79 Å². The van der Waals surface area contributed by atoms with Crippen molar-refractivity contribution >= 4 is 5.97 Å². The molecule has 2 nitrogen and oxygen atoms in total. The Balaban J connectivity index is 2.13. The summed E-state index contributed by atoms with van der Waals surface area (Å²) in [5.74, 6) is 1.38. The molecule has 0 aromatic heterocycles. The van der Waals surface area contributed by atoms with Crippen LogP contribution < -0.4 is 0 Å². The fourth-order valence-electron chi connectivity index (χ4n) is 4.43. The van der Waals surface area contributed by atoms with Crippen molar-refractivity contribution in [2.24, 2.45) is 23.2 Å². The first-order chi connectivity index (χ1) is 8.62. The van der Waals surface area contributed by atoms with Gasteiger partial charge in [0, 0.05) is 0 Å². The lowest BCUT2D eigenvalue weighted by molar-refractivity contribution is -0.154. The summed E-state index contributed by atoms with van der Waals surface area (Å²) in [4.78, 5) is 11.9. The number of hydrogen-bond donors (Lipinski definition) is 1. The third-order valence-corrected chi connectivity index (χ3v) is 5.80. The summed E-state index contributed by atoms with van der Waals surface area (Å²) in [7, 11) is 0. The summed E-state index contributed by atoms with van der Waals surface area (Å²) in [5, 5.41) is 9.79. The fourth-order valence-corrected chi connectivity index (χ4v) is 4.43. The zero-order chi connectivity index (χ0) is 13.2. The van der Waals surface area contributed by atoms with Gasteiger partial charge in [-0.05, 0) is 49.9 Å². The quantitative estimate of drug-likeness (QED) is 0.800. The van der Waals surface area contributed by atoms with Gasteiger partial charge in [-0.3, -0.25) is 4.79 Å². The number of aliphatic carboxylic acids is 1. The maximum absolute atomic E-state index is 11.9. The molecule has 1 N–H and O–H groups in total. The van der Waals surface area contributed by atoms with Crippen LogP contribution in [0, 0.1) is 23.2 Å². The average Bonchev–Trinajstić information content (AvgIpc) is 2.84. The molecule has 2 fully saturated rings. The maximum Gasteiger partial charge on any atom is 0.309 e. The molecule has 2 aliphatic rings. The summed E-state index contributed by atoms with van der Waals surface area (Å²) < 4.78 is 0. The van der Waals surface area contributed by atoms with Crippen LogP contribution in [0.15, 0.2) is 0 Å². The maximum atomic E-state index is 11.9. The van der Waals surface area contributed by atoms with Gasteiger partial charge in [-0.15, -0.1) is 0 Å². The van der Waals surface area contributed by atoms with Crippen molar-refractivity contribution in [1.29, 1.82) is 0 Å². The van der Waals surface area contributed by atoms with Crippen LogP contribution >= 0.6 is 0 Å². The molecule has 104 valence electrons. The molecule has 18 heavy (non-hydrogen) atoms. The van der Waals surface area contributed by atoms with Crippen molar-refractivity contribution in [3.8, 4) is 0 Å². The van der Waals surface area contributed by atoms with Crippen LogP contribution in [0.3, 0.4) is 0 Å². The molecule has 2 saturated carbocycles. The molecule has 0 saturated heterocycles. The Labute approximate surface area is 111 Å². The summed E-state index contributed by atoms with van der Waals surface area (Å²) in [6.45, 7) is 4.46. The lowest BCUT2D eigenvalue weighted by atomic mass is 9.64. The highest BCUT2D eigenvalue weighted by Gasteiger charge is 2.51. The SMILES string of the molecule is CCC1CCCC(C2(C(=O)O)CCC(CC)C2)C1. The number of carboxylic acids is 1. The van der Waals surface area contributed by atoms with Crippen molar-refractivity contribution in [3.63, 3.8) is 0 Å². The van der Waals surface area contributed by atoms with Crippen molar-refractivity contribution in [3.05, 3.63) is 0 Å². The Morgan fingerprint density at radius 2 is 1.89 bits per heavy atom. The van der Waals surface area contributed by atoms with Crippen LogP contribution in [0.5, 0.6) is 0 Å². The zero-order valence-corrected chi connectivity index (χ0v) is 12.0. The van der Waals surface area contributed by atoms with E-state index in [1.54, 1.807) is 0 Å². The van der Waals surface area contributed by atoms with Gasteiger partial charge >= 0.3 is 5.97 Å². The second-order valence-electron chi connectivity index (χ2n) is 6.62. The van der Waals surface area contributed by atoms with E-state index in [4.69, 9.17) is 0 Å². The highest BCUT2D eigenvalue weighted by atomic mass is 16.4. The minimum Gasteiger partial charge on any atom is -0.481 e. The van der Waals surface area contributed by atoms with Gasteiger partial charge in [0.15, 0.2) is 0 Å². The van der Waals surface area contributed by atoms with Gasteiger partial charge in [0.25, 0.3) is 0 Å². The van der Waals surface area contributed by atoms with E-state index in [1.165, 1.54) is 25.7 Å². The van der Waals surface area contributed by atoms with Gasteiger partial charge in [0.1, 0.15) is 0 Å². The number of rotatable bonds is 4. The van der Waals surface area contributed by atoms with E-state index in [2.05, 4.69) is 13.8 Å². The molecular weight excluding hydrogens is 224 g/mol. The minimum atomic E-state index is -0.500. The largest absolute Gasteiger partial charge is 0.481 e. The molecule has 0 heterocycles. The van der Waals surface area contributed by atoms with Crippen LogP contribution in [0.25, 0.3) is 0 Å². The molecule has 0 amide bonds. The highest BCUT2D eigenvalue weighted by molar-refractivity contribution is 5.75. The molecule has 0 radical (unpaired) electrons. The lowest BCUT2D eigenvalue weighted by Gasteiger charge is -2.39. The Morgan fingerprint density at radius 1 is 1.17 bits per heavy atom. The van der Waals surface area contributed by atoms with Crippen LogP contribution in [0.1, 0.15) is 71.6 Å². The third kappa shape index (κ3) is 2.44. The molecule has 0 spiro atoms. The lowest BCUT2D eigenvalue weighted by Crippen LogP contribution is -2.39. The first-order valence-corrected chi connectivity index (χ1v) is 7.85. The molecule has 0 aromatic rings. The van der Waals surface area contributed by atoms with Gasteiger partial charge in [-0.1, -0.05) is 39.5 Å². The molecular formula is C16H28O2. The second kappa shape index (κ2) is 5.63. The van der Waals surface area contributed by atoms with E-state index in [-0.39, 0.29) is 5.41 Å². The van der Waals surface area contributed by atoms with Crippen molar-refractivity contribution in [2.75, 3.05) is 0 Å². The summed E-state index contributed by atoms with van der Waals surface area (Å²) in [6, 6.07) is 0. The summed E-state index contributed by atoms with van der Waals surface area (Å²) in [6.07, 6.45) is 10.3. The Bertz CT molecular complexity index is 299. The number of carbonyl (C=O) groups is 1. The minimum absolute atomic E-state index is 0.367. The van der Waals surface area contributed by atoms with E-state index in [9.17, 15) is 9.90 Å². The zero-order valence-electron chi connectivity index (χ0n) is 12.0. The topological polar surface area (TPSA) is 37.3 Å². The number of hydrogen-bond acceptors (Lipinski definition) is 1. The van der Waals surface area contributed by atoms with Crippen LogP contribution in [-0.4, -0.2) is 11.1 Å². The fraction of sp³-hybridized carbons (Fsp3) is 0.938. The highest BCUT2D eigenvalue weighted by Crippen LogP contribution is 2.53. The molecule has 4 atom stereocenters. The van der Waals surface area contributed by atoms with Gasteiger partial charge in [0.2, 0.25) is 0 Å².